The fraction of sp³-hybridized carbons (Fsp3) is 0.176. The van der Waals surface area contributed by atoms with Crippen LogP contribution in [0.3, 0.4) is 0 Å². The number of ketones is 1. The van der Waals surface area contributed by atoms with Gasteiger partial charge >= 0.3 is 0 Å². The first-order valence-corrected chi connectivity index (χ1v) is 8.32. The number of benzene rings is 2. The lowest BCUT2D eigenvalue weighted by Gasteiger charge is -2.08. The maximum Gasteiger partial charge on any atom is 0.214 e. The van der Waals surface area contributed by atoms with Crippen molar-refractivity contribution >= 4 is 17.5 Å². The molecule has 0 aliphatic heterocycles. The van der Waals surface area contributed by atoms with Gasteiger partial charge in [-0.15, -0.1) is 5.10 Å². The average Bonchev–Trinajstić information content (AvgIpc) is 3.08. The number of tetrazole rings is 1. The number of aryl methyl sites for hydroxylation is 1. The number of rotatable bonds is 6. The molecule has 0 saturated carbocycles. The molecule has 0 amide bonds. The van der Waals surface area contributed by atoms with Crippen LogP contribution in [0.25, 0.3) is 5.69 Å². The van der Waals surface area contributed by atoms with Crippen molar-refractivity contribution in [2.75, 3.05) is 12.9 Å². The zero-order valence-electron chi connectivity index (χ0n) is 13.3. The van der Waals surface area contributed by atoms with Gasteiger partial charge in [0.2, 0.25) is 5.16 Å². The van der Waals surface area contributed by atoms with Gasteiger partial charge in [-0.05, 0) is 41.1 Å². The first kappa shape index (κ1) is 16.2. The van der Waals surface area contributed by atoms with Gasteiger partial charge in [0.1, 0.15) is 5.75 Å². The Labute approximate surface area is 143 Å². The first-order valence-electron chi connectivity index (χ1n) is 7.34. The molecule has 2 aromatic carbocycles. The van der Waals surface area contributed by atoms with E-state index in [0.29, 0.717) is 16.5 Å². The number of thioether (sulfide) groups is 1. The van der Waals surface area contributed by atoms with Crippen LogP contribution in [0.15, 0.2) is 53.7 Å². The molecule has 0 radical (unpaired) electrons. The third-order valence-electron chi connectivity index (χ3n) is 3.52. The van der Waals surface area contributed by atoms with Crippen molar-refractivity contribution in [3.05, 3.63) is 59.7 Å². The highest BCUT2D eigenvalue weighted by Crippen LogP contribution is 2.24. The topological polar surface area (TPSA) is 69.9 Å². The van der Waals surface area contributed by atoms with Gasteiger partial charge in [0.25, 0.3) is 0 Å². The van der Waals surface area contributed by atoms with Gasteiger partial charge in [-0.2, -0.15) is 4.68 Å². The van der Waals surface area contributed by atoms with Gasteiger partial charge in [0, 0.05) is 0 Å². The van der Waals surface area contributed by atoms with Crippen LogP contribution < -0.4 is 4.74 Å². The number of carbonyl (C=O) groups is 1. The van der Waals surface area contributed by atoms with E-state index in [0.717, 1.165) is 11.3 Å². The molecule has 7 heteroatoms. The molecule has 0 unspecified atom stereocenters. The number of hydrogen-bond donors (Lipinski definition) is 0. The molecular weight excluding hydrogens is 324 g/mol. The highest BCUT2D eigenvalue weighted by Gasteiger charge is 2.16. The normalized spacial score (nSPS) is 10.6. The summed E-state index contributed by atoms with van der Waals surface area (Å²) >= 11 is 1.30. The van der Waals surface area contributed by atoms with Crippen LogP contribution >= 0.6 is 11.8 Å². The van der Waals surface area contributed by atoms with E-state index < -0.39 is 0 Å². The minimum Gasteiger partial charge on any atom is -0.496 e. The molecule has 0 spiro atoms. The van der Waals surface area contributed by atoms with Gasteiger partial charge in [-0.3, -0.25) is 4.79 Å². The number of methoxy groups -OCH3 is 1. The Morgan fingerprint density at radius 3 is 2.71 bits per heavy atom. The van der Waals surface area contributed by atoms with Crippen LogP contribution in [0.1, 0.15) is 15.9 Å². The van der Waals surface area contributed by atoms with E-state index in [4.69, 9.17) is 4.74 Å². The summed E-state index contributed by atoms with van der Waals surface area (Å²) in [5.74, 6) is 0.769. The summed E-state index contributed by atoms with van der Waals surface area (Å²) in [6.07, 6.45) is 0. The van der Waals surface area contributed by atoms with Crippen LogP contribution in [0.2, 0.25) is 0 Å². The number of aromatic nitrogens is 4. The van der Waals surface area contributed by atoms with Crippen molar-refractivity contribution in [1.29, 1.82) is 0 Å². The highest BCUT2D eigenvalue weighted by atomic mass is 32.2. The van der Waals surface area contributed by atoms with Crippen molar-refractivity contribution in [2.45, 2.75) is 12.1 Å². The predicted octanol–water partition coefficient (Wildman–Crippen LogP) is 2.95. The van der Waals surface area contributed by atoms with E-state index in [-0.39, 0.29) is 11.5 Å². The van der Waals surface area contributed by atoms with Gasteiger partial charge in [0.05, 0.1) is 24.1 Å². The van der Waals surface area contributed by atoms with Crippen LogP contribution in [0.4, 0.5) is 0 Å². The van der Waals surface area contributed by atoms with E-state index in [9.17, 15) is 4.79 Å². The van der Waals surface area contributed by atoms with Crippen LogP contribution in [0, 0.1) is 6.92 Å². The van der Waals surface area contributed by atoms with E-state index in [1.54, 1.807) is 23.9 Å². The second-order valence-corrected chi connectivity index (χ2v) is 6.01. The standard InChI is InChI=1S/C17H16N4O2S/c1-12-7-3-5-9-14(12)21-17(18-19-20-21)24-11-15(22)13-8-4-6-10-16(13)23-2/h3-10H,11H2,1-2H3. The van der Waals surface area contributed by atoms with E-state index >= 15 is 0 Å². The van der Waals surface area contributed by atoms with E-state index in [2.05, 4.69) is 15.5 Å². The fourth-order valence-corrected chi connectivity index (χ4v) is 3.07. The molecule has 0 N–H and O–H groups in total. The highest BCUT2D eigenvalue weighted by molar-refractivity contribution is 7.99. The van der Waals surface area contributed by atoms with Gasteiger partial charge in [-0.1, -0.05) is 42.1 Å². The molecule has 24 heavy (non-hydrogen) atoms. The minimum atomic E-state index is -0.0308. The summed E-state index contributed by atoms with van der Waals surface area (Å²) in [7, 11) is 1.55. The number of nitrogens with zero attached hydrogens (tertiary/aromatic N) is 4. The molecule has 0 aliphatic carbocycles. The molecule has 0 bridgehead atoms. The number of para-hydroxylation sites is 2. The van der Waals surface area contributed by atoms with E-state index in [1.807, 2.05) is 43.3 Å². The number of ether oxygens (including phenoxy) is 1. The Morgan fingerprint density at radius 2 is 1.92 bits per heavy atom. The van der Waals surface area contributed by atoms with Crippen LogP contribution in [-0.4, -0.2) is 38.9 Å². The molecule has 0 saturated heterocycles. The summed E-state index contributed by atoms with van der Waals surface area (Å²) in [6.45, 7) is 1.99. The maximum absolute atomic E-state index is 12.5. The van der Waals surface area contributed by atoms with Crippen LogP contribution in [-0.2, 0) is 0 Å². The summed E-state index contributed by atoms with van der Waals surface area (Å²) in [5.41, 5.74) is 2.51. The fourth-order valence-electron chi connectivity index (χ4n) is 2.30. The molecule has 6 nitrogen and oxygen atoms in total. The summed E-state index contributed by atoms with van der Waals surface area (Å²) in [6, 6.07) is 15.0. The molecular formula is C17H16N4O2S. The second-order valence-electron chi connectivity index (χ2n) is 5.07. The number of Topliss-reactive ketones (excluding diaryl/α,β-unsaturated/α-hetero) is 1. The Bertz CT molecular complexity index is 863. The Balaban J connectivity index is 1.78. The molecule has 1 heterocycles. The Kier molecular flexibility index (Phi) is 4.90. The zero-order valence-corrected chi connectivity index (χ0v) is 14.2. The van der Waals surface area contributed by atoms with Gasteiger partial charge in [0.15, 0.2) is 5.78 Å². The summed E-state index contributed by atoms with van der Waals surface area (Å²) in [4.78, 5) is 12.5. The van der Waals surface area contributed by atoms with Crippen LogP contribution in [0.5, 0.6) is 5.75 Å². The Hall–Kier alpha value is -2.67. The molecule has 3 aromatic rings. The quantitative estimate of drug-likeness (QED) is 0.507. The summed E-state index contributed by atoms with van der Waals surface area (Å²) < 4.78 is 6.88. The summed E-state index contributed by atoms with van der Waals surface area (Å²) in [5, 5.41) is 12.4. The maximum atomic E-state index is 12.5. The molecule has 0 fully saturated rings. The molecule has 0 aliphatic rings. The van der Waals surface area contributed by atoms with E-state index in [1.165, 1.54) is 11.8 Å². The molecule has 0 atom stereocenters. The third-order valence-corrected chi connectivity index (χ3v) is 4.44. The zero-order chi connectivity index (χ0) is 16.9. The van der Waals surface area contributed by atoms with Gasteiger partial charge in [-0.25, -0.2) is 0 Å². The van der Waals surface area contributed by atoms with Crippen molar-refractivity contribution in [1.82, 2.24) is 20.2 Å². The smallest absolute Gasteiger partial charge is 0.214 e. The lowest BCUT2D eigenvalue weighted by Crippen LogP contribution is -2.07. The van der Waals surface area contributed by atoms with Crippen molar-refractivity contribution in [3.63, 3.8) is 0 Å². The Morgan fingerprint density at radius 1 is 1.17 bits per heavy atom. The monoisotopic (exact) mass is 340 g/mol. The molecule has 1 aromatic heterocycles. The largest absolute Gasteiger partial charge is 0.496 e. The van der Waals surface area contributed by atoms with Crippen molar-refractivity contribution < 1.29 is 9.53 Å². The number of hydrogen-bond acceptors (Lipinski definition) is 6. The molecule has 3 rings (SSSR count). The minimum absolute atomic E-state index is 0.0308. The number of carbonyl (C=O) groups excluding carboxylic acids is 1. The predicted molar refractivity (Wildman–Crippen MR) is 91.9 cm³/mol. The second kappa shape index (κ2) is 7.27. The lowest BCUT2D eigenvalue weighted by atomic mass is 10.1. The molecule has 122 valence electrons. The van der Waals surface area contributed by atoms with Crippen molar-refractivity contribution in [2.24, 2.45) is 0 Å². The lowest BCUT2D eigenvalue weighted by molar-refractivity contribution is 0.101. The van der Waals surface area contributed by atoms with Crippen molar-refractivity contribution in [3.8, 4) is 11.4 Å². The average molecular weight is 340 g/mol. The van der Waals surface area contributed by atoms with Gasteiger partial charge < -0.3 is 4.74 Å². The third kappa shape index (κ3) is 3.30. The first-order chi connectivity index (χ1) is 11.7. The SMILES string of the molecule is COc1ccccc1C(=O)CSc1nnnn1-c1ccccc1C.